The summed E-state index contributed by atoms with van der Waals surface area (Å²) in [6.45, 7) is 1.89. The molecule has 2 aromatic carbocycles. The second kappa shape index (κ2) is 11.1. The van der Waals surface area contributed by atoms with Gasteiger partial charge >= 0.3 is 47.6 Å². The molecule has 0 nitrogen and oxygen atoms in total. The Hall–Kier alpha value is -3.63. The van der Waals surface area contributed by atoms with Gasteiger partial charge in [-0.3, -0.25) is 0 Å². The molecule has 0 bridgehead atoms. The maximum Gasteiger partial charge on any atom is 0.460 e. The predicted octanol–water partition coefficient (Wildman–Crippen LogP) is 9.12. The Morgan fingerprint density at radius 1 is 0.442 bits per heavy atom. The highest BCUT2D eigenvalue weighted by Gasteiger charge is 2.95. The van der Waals surface area contributed by atoms with Crippen LogP contribution in [0.4, 0.5) is 74.6 Å². The third-order valence-electron chi connectivity index (χ3n) is 5.81. The van der Waals surface area contributed by atoms with Crippen molar-refractivity contribution in [1.82, 2.24) is 0 Å². The van der Waals surface area contributed by atoms with Gasteiger partial charge < -0.3 is 0 Å². The van der Waals surface area contributed by atoms with E-state index in [2.05, 4.69) is 23.7 Å². The molecule has 0 aliphatic rings. The van der Waals surface area contributed by atoms with Crippen LogP contribution in [0, 0.1) is 23.7 Å². The van der Waals surface area contributed by atoms with Crippen molar-refractivity contribution in [3.63, 3.8) is 0 Å². The molecular formula is C26H13F17. The molecular weight excluding hydrogens is 635 g/mol. The van der Waals surface area contributed by atoms with Crippen molar-refractivity contribution in [2.75, 3.05) is 0 Å². The van der Waals surface area contributed by atoms with E-state index in [0.29, 0.717) is 17.7 Å². The normalized spacial score (nSPS) is 14.0. The quantitative estimate of drug-likeness (QED) is 0.198. The smallest absolute Gasteiger partial charge is 0.194 e. The van der Waals surface area contributed by atoms with Gasteiger partial charge in [0.2, 0.25) is 0 Å². The van der Waals surface area contributed by atoms with Crippen molar-refractivity contribution in [3.8, 4) is 23.7 Å². The standard InChI is InChI=1S/C26H13F17/c1-2-15-7-9-16(10-8-15)5-3-4-6-17-11-13-18(14-12-17)19(27,28)20(29,30)21(31,32)22(33,34)23(35,36)24(37,38)25(39,40)26(41,42)43/h7-14H,2H2,1H3. The number of hydrogen-bond donors (Lipinski definition) is 0. The molecule has 0 unspecified atom stereocenters. The summed E-state index contributed by atoms with van der Waals surface area (Å²) < 4.78 is 229. The molecule has 0 aliphatic carbocycles. The number of alkyl halides is 17. The van der Waals surface area contributed by atoms with Gasteiger partial charge in [0.15, 0.2) is 0 Å². The Kier molecular flexibility index (Phi) is 9.21. The average molecular weight is 648 g/mol. The van der Waals surface area contributed by atoms with Crippen LogP contribution in [0.5, 0.6) is 0 Å². The van der Waals surface area contributed by atoms with Crippen molar-refractivity contribution in [2.24, 2.45) is 0 Å². The molecule has 0 saturated carbocycles. The lowest BCUT2D eigenvalue weighted by Crippen LogP contribution is -2.74. The summed E-state index contributed by atoms with van der Waals surface area (Å²) in [5.74, 6) is -47.5. The number of rotatable bonds is 8. The first kappa shape index (κ1) is 35.6. The number of halogens is 17. The van der Waals surface area contributed by atoms with Gasteiger partial charge in [0.1, 0.15) is 0 Å². The minimum absolute atomic E-state index is 0.131. The second-order valence-electron chi connectivity index (χ2n) is 8.65. The number of hydrogen-bond acceptors (Lipinski definition) is 0. The van der Waals surface area contributed by atoms with Gasteiger partial charge in [-0.1, -0.05) is 43.0 Å². The van der Waals surface area contributed by atoms with Crippen molar-refractivity contribution in [2.45, 2.75) is 61.0 Å². The molecule has 0 spiro atoms. The van der Waals surface area contributed by atoms with Crippen molar-refractivity contribution < 1.29 is 74.6 Å². The number of aryl methyl sites for hydroxylation is 1. The third kappa shape index (κ3) is 5.70. The molecule has 0 amide bonds. The van der Waals surface area contributed by atoms with Crippen LogP contribution < -0.4 is 0 Å². The fourth-order valence-corrected chi connectivity index (χ4v) is 3.14. The molecule has 2 aromatic rings. The van der Waals surface area contributed by atoms with E-state index in [-0.39, 0.29) is 17.7 Å². The van der Waals surface area contributed by atoms with Gasteiger partial charge in [-0.25, -0.2) is 0 Å². The van der Waals surface area contributed by atoms with Gasteiger partial charge in [0.05, 0.1) is 0 Å². The van der Waals surface area contributed by atoms with Crippen LogP contribution in [0.2, 0.25) is 0 Å². The minimum Gasteiger partial charge on any atom is -0.194 e. The summed E-state index contributed by atoms with van der Waals surface area (Å²) in [5.41, 5.74) is -1.16. The highest BCUT2D eigenvalue weighted by atomic mass is 19.4. The molecule has 236 valence electrons. The highest BCUT2D eigenvalue weighted by Crippen LogP contribution is 2.65. The molecule has 0 atom stereocenters. The Bertz CT molecular complexity index is 1410. The van der Waals surface area contributed by atoms with Crippen LogP contribution in [0.3, 0.4) is 0 Å². The first-order valence-corrected chi connectivity index (χ1v) is 11.2. The van der Waals surface area contributed by atoms with E-state index >= 15 is 0 Å². The van der Waals surface area contributed by atoms with Gasteiger partial charge in [0.25, 0.3) is 0 Å². The van der Waals surface area contributed by atoms with E-state index in [1.54, 1.807) is 24.3 Å². The Labute approximate surface area is 230 Å². The molecule has 0 N–H and O–H groups in total. The Morgan fingerprint density at radius 2 is 0.767 bits per heavy atom. The molecule has 0 radical (unpaired) electrons. The van der Waals surface area contributed by atoms with Crippen LogP contribution in [0.15, 0.2) is 48.5 Å². The zero-order valence-electron chi connectivity index (χ0n) is 20.8. The highest BCUT2D eigenvalue weighted by molar-refractivity contribution is 5.45. The zero-order valence-corrected chi connectivity index (χ0v) is 20.8. The zero-order chi connectivity index (χ0) is 33.5. The summed E-state index contributed by atoms with van der Waals surface area (Å²) in [6, 6.07) is 7.33. The van der Waals surface area contributed by atoms with Crippen LogP contribution in [0.1, 0.15) is 29.2 Å². The van der Waals surface area contributed by atoms with E-state index in [9.17, 15) is 74.6 Å². The maximum atomic E-state index is 14.4. The van der Waals surface area contributed by atoms with Crippen LogP contribution >= 0.6 is 0 Å². The fraction of sp³-hybridized carbons (Fsp3) is 0.385. The summed E-state index contributed by atoms with van der Waals surface area (Å²) in [4.78, 5) is 0. The van der Waals surface area contributed by atoms with E-state index in [1.165, 1.54) is 0 Å². The fourth-order valence-electron chi connectivity index (χ4n) is 3.14. The lowest BCUT2D eigenvalue weighted by molar-refractivity contribution is -0.462. The first-order chi connectivity index (χ1) is 19.2. The lowest BCUT2D eigenvalue weighted by atomic mass is 9.87. The molecule has 43 heavy (non-hydrogen) atoms. The molecule has 0 fully saturated rings. The molecule has 0 heterocycles. The first-order valence-electron chi connectivity index (χ1n) is 11.2. The maximum absolute atomic E-state index is 14.4. The van der Waals surface area contributed by atoms with Gasteiger partial charge in [-0.15, -0.1) is 0 Å². The second-order valence-corrected chi connectivity index (χ2v) is 8.65. The molecule has 0 aliphatic heterocycles. The van der Waals surface area contributed by atoms with Gasteiger partial charge in [-0.2, -0.15) is 74.6 Å². The van der Waals surface area contributed by atoms with E-state index in [4.69, 9.17) is 0 Å². The third-order valence-corrected chi connectivity index (χ3v) is 5.81. The molecule has 0 saturated heterocycles. The van der Waals surface area contributed by atoms with Crippen molar-refractivity contribution in [1.29, 1.82) is 0 Å². The SMILES string of the molecule is CCc1ccc(C#CC#Cc2ccc(C(F)(F)C(F)(F)C(F)(F)C(F)(F)C(F)(F)C(F)(F)C(F)(F)C(F)(F)F)cc2)cc1. The van der Waals surface area contributed by atoms with Crippen LogP contribution in [0.25, 0.3) is 0 Å². The largest absolute Gasteiger partial charge is 0.460 e. The van der Waals surface area contributed by atoms with E-state index in [1.807, 2.05) is 6.92 Å². The Morgan fingerprint density at radius 3 is 1.12 bits per heavy atom. The molecule has 17 heteroatoms. The molecule has 0 aromatic heterocycles. The number of benzene rings is 2. The monoisotopic (exact) mass is 648 g/mol. The average Bonchev–Trinajstić information content (AvgIpc) is 2.90. The van der Waals surface area contributed by atoms with Gasteiger partial charge in [0, 0.05) is 16.7 Å². The minimum atomic E-state index is -8.67. The summed E-state index contributed by atoms with van der Waals surface area (Å²) in [6.07, 6.45) is -7.06. The Balaban J connectivity index is 2.43. The van der Waals surface area contributed by atoms with Crippen LogP contribution in [-0.4, -0.2) is 41.7 Å². The summed E-state index contributed by atoms with van der Waals surface area (Å²) in [7, 11) is 0. The van der Waals surface area contributed by atoms with Crippen molar-refractivity contribution >= 4 is 0 Å². The van der Waals surface area contributed by atoms with Crippen molar-refractivity contribution in [3.05, 3.63) is 70.8 Å². The van der Waals surface area contributed by atoms with E-state index in [0.717, 1.165) is 12.0 Å². The topological polar surface area (TPSA) is 0 Å². The van der Waals surface area contributed by atoms with Gasteiger partial charge in [-0.05, 0) is 48.1 Å². The molecule has 2 rings (SSSR count). The summed E-state index contributed by atoms with van der Waals surface area (Å²) in [5, 5.41) is 0. The summed E-state index contributed by atoms with van der Waals surface area (Å²) >= 11 is 0. The lowest BCUT2D eigenvalue weighted by Gasteiger charge is -2.42. The van der Waals surface area contributed by atoms with Crippen LogP contribution in [-0.2, 0) is 12.3 Å². The van der Waals surface area contributed by atoms with E-state index < -0.39 is 53.2 Å². The predicted molar refractivity (Wildman–Crippen MR) is 116 cm³/mol.